The van der Waals surface area contributed by atoms with Crippen LogP contribution in [0.15, 0.2) is 61.2 Å². The van der Waals surface area contributed by atoms with Gasteiger partial charge in [-0.3, -0.25) is 9.13 Å². The van der Waals surface area contributed by atoms with Crippen LogP contribution in [0.1, 0.15) is 36.9 Å². The van der Waals surface area contributed by atoms with Gasteiger partial charge in [0.05, 0.1) is 11.4 Å². The van der Waals surface area contributed by atoms with Gasteiger partial charge in [-0.05, 0) is 45.0 Å². The molecule has 9 heteroatoms. The van der Waals surface area contributed by atoms with Gasteiger partial charge in [-0.1, -0.05) is 12.1 Å². The van der Waals surface area contributed by atoms with Gasteiger partial charge in [0, 0.05) is 30.2 Å². The van der Waals surface area contributed by atoms with Crippen molar-refractivity contribution in [3.8, 4) is 11.6 Å². The zero-order valence-corrected chi connectivity index (χ0v) is 16.6. The molecule has 0 saturated heterocycles. The standard InChI is InChI=1S/C21H19F3N6/c1-14-25-10-12-29(14)17-8-4-6-15(27-17)20(2,3)16-7-5-9-18(28-16)30-13-11-26-19(30)21(22,23)24/h4-13H,1-3H3. The van der Waals surface area contributed by atoms with Crippen LogP contribution < -0.4 is 0 Å². The molecule has 0 saturated carbocycles. The largest absolute Gasteiger partial charge is 0.450 e. The molecule has 30 heavy (non-hydrogen) atoms. The number of nitrogens with zero attached hydrogens (tertiary/aromatic N) is 6. The molecule has 4 aromatic heterocycles. The van der Waals surface area contributed by atoms with E-state index in [0.717, 1.165) is 22.3 Å². The summed E-state index contributed by atoms with van der Waals surface area (Å²) in [4.78, 5) is 16.9. The monoisotopic (exact) mass is 412 g/mol. The van der Waals surface area contributed by atoms with Crippen molar-refractivity contribution in [1.82, 2.24) is 29.1 Å². The minimum atomic E-state index is -4.57. The molecule has 154 valence electrons. The molecule has 4 aromatic rings. The van der Waals surface area contributed by atoms with Crippen molar-refractivity contribution in [3.05, 3.63) is 84.2 Å². The third kappa shape index (κ3) is 3.47. The molecular formula is C21H19F3N6. The molecule has 0 bridgehead atoms. The molecule has 4 rings (SSSR count). The molecule has 0 atom stereocenters. The molecule has 6 nitrogen and oxygen atoms in total. The lowest BCUT2D eigenvalue weighted by molar-refractivity contribution is -0.146. The van der Waals surface area contributed by atoms with Crippen LogP contribution in [0.4, 0.5) is 13.2 Å². The number of pyridine rings is 2. The predicted octanol–water partition coefficient (Wildman–Crippen LogP) is 4.50. The van der Waals surface area contributed by atoms with E-state index in [1.807, 2.05) is 49.7 Å². The quantitative estimate of drug-likeness (QED) is 0.495. The lowest BCUT2D eigenvalue weighted by Gasteiger charge is -2.25. The Kier molecular flexibility index (Phi) is 4.68. The van der Waals surface area contributed by atoms with Crippen LogP contribution in [0.25, 0.3) is 11.6 Å². The normalized spacial score (nSPS) is 12.3. The fourth-order valence-electron chi connectivity index (χ4n) is 3.26. The van der Waals surface area contributed by atoms with Gasteiger partial charge >= 0.3 is 6.18 Å². The number of hydrogen-bond donors (Lipinski definition) is 0. The molecule has 0 aliphatic rings. The molecule has 0 aliphatic carbocycles. The van der Waals surface area contributed by atoms with Crippen molar-refractivity contribution < 1.29 is 13.2 Å². The Labute approximate surface area is 171 Å². The second-order valence-electron chi connectivity index (χ2n) is 7.35. The SMILES string of the molecule is Cc1nccn1-c1cccc(C(C)(C)c2cccc(-n3ccnc3C(F)(F)F)n2)n1. The van der Waals surface area contributed by atoms with Crippen molar-refractivity contribution in [2.45, 2.75) is 32.4 Å². The summed E-state index contributed by atoms with van der Waals surface area (Å²) >= 11 is 0. The fourth-order valence-corrected chi connectivity index (χ4v) is 3.26. The van der Waals surface area contributed by atoms with Gasteiger partial charge in [0.1, 0.15) is 17.5 Å². The highest BCUT2D eigenvalue weighted by Crippen LogP contribution is 2.32. The summed E-state index contributed by atoms with van der Waals surface area (Å²) in [6.45, 7) is 5.75. The van der Waals surface area contributed by atoms with E-state index in [1.165, 1.54) is 12.3 Å². The number of halogens is 3. The van der Waals surface area contributed by atoms with Gasteiger partial charge in [0.2, 0.25) is 5.82 Å². The first-order chi connectivity index (χ1) is 14.2. The number of hydrogen-bond acceptors (Lipinski definition) is 4. The second kappa shape index (κ2) is 7.08. The lowest BCUT2D eigenvalue weighted by atomic mass is 9.84. The Morgan fingerprint density at radius 1 is 0.767 bits per heavy atom. The molecule has 0 unspecified atom stereocenters. The molecule has 0 N–H and O–H groups in total. The highest BCUT2D eigenvalue weighted by atomic mass is 19.4. The third-order valence-corrected chi connectivity index (χ3v) is 4.96. The van der Waals surface area contributed by atoms with Crippen molar-refractivity contribution in [2.75, 3.05) is 0 Å². The summed E-state index contributed by atoms with van der Waals surface area (Å²) in [5, 5.41) is 0. The minimum absolute atomic E-state index is 0.145. The maximum absolute atomic E-state index is 13.2. The maximum Gasteiger partial charge on any atom is 0.450 e. The average Bonchev–Trinajstić information content (AvgIpc) is 3.37. The van der Waals surface area contributed by atoms with Crippen LogP contribution in [-0.4, -0.2) is 29.1 Å². The average molecular weight is 412 g/mol. The van der Waals surface area contributed by atoms with E-state index in [-0.39, 0.29) is 5.82 Å². The summed E-state index contributed by atoms with van der Waals surface area (Å²) in [6, 6.07) is 10.6. The topological polar surface area (TPSA) is 61.4 Å². The summed E-state index contributed by atoms with van der Waals surface area (Å²) < 4.78 is 42.6. The van der Waals surface area contributed by atoms with Gasteiger partial charge in [-0.15, -0.1) is 0 Å². The minimum Gasteiger partial charge on any atom is -0.288 e. The van der Waals surface area contributed by atoms with E-state index < -0.39 is 17.4 Å². The summed E-state index contributed by atoms with van der Waals surface area (Å²) in [5.74, 6) is 0.644. The lowest BCUT2D eigenvalue weighted by Crippen LogP contribution is -2.24. The highest BCUT2D eigenvalue weighted by molar-refractivity contribution is 5.37. The van der Waals surface area contributed by atoms with Crippen molar-refractivity contribution in [3.63, 3.8) is 0 Å². The molecular weight excluding hydrogens is 393 g/mol. The molecule has 0 fully saturated rings. The maximum atomic E-state index is 13.2. The molecule has 4 heterocycles. The van der Waals surface area contributed by atoms with E-state index in [0.29, 0.717) is 11.5 Å². The fraction of sp³-hybridized carbons (Fsp3) is 0.238. The van der Waals surface area contributed by atoms with Crippen LogP contribution in [0.3, 0.4) is 0 Å². The summed E-state index contributed by atoms with van der Waals surface area (Å²) in [6.07, 6.45) is 1.31. The first kappa shape index (κ1) is 19.8. The third-order valence-electron chi connectivity index (χ3n) is 4.96. The molecule has 0 aromatic carbocycles. The Bertz CT molecular complexity index is 1190. The summed E-state index contributed by atoms with van der Waals surface area (Å²) in [7, 11) is 0. The first-order valence-corrected chi connectivity index (χ1v) is 9.24. The number of imidazole rings is 2. The predicted molar refractivity (Wildman–Crippen MR) is 105 cm³/mol. The van der Waals surface area contributed by atoms with Gasteiger partial charge in [0.15, 0.2) is 0 Å². The smallest absolute Gasteiger partial charge is 0.288 e. The summed E-state index contributed by atoms with van der Waals surface area (Å²) in [5.41, 5.74) is 0.674. The van der Waals surface area contributed by atoms with Gasteiger partial charge in [-0.25, -0.2) is 19.9 Å². The number of rotatable bonds is 4. The number of alkyl halides is 3. The Hall–Kier alpha value is -3.49. The van der Waals surface area contributed by atoms with E-state index in [2.05, 4.69) is 15.0 Å². The first-order valence-electron chi connectivity index (χ1n) is 9.24. The highest BCUT2D eigenvalue weighted by Gasteiger charge is 2.37. The van der Waals surface area contributed by atoms with Crippen LogP contribution in [0.5, 0.6) is 0 Å². The van der Waals surface area contributed by atoms with Gasteiger partial charge in [-0.2, -0.15) is 13.2 Å². The molecule has 0 aliphatic heterocycles. The van der Waals surface area contributed by atoms with Crippen molar-refractivity contribution >= 4 is 0 Å². The molecule has 0 spiro atoms. The number of aromatic nitrogens is 6. The van der Waals surface area contributed by atoms with Crippen molar-refractivity contribution in [2.24, 2.45) is 0 Å². The molecule has 0 radical (unpaired) electrons. The van der Waals surface area contributed by atoms with Gasteiger partial charge < -0.3 is 0 Å². The van der Waals surface area contributed by atoms with Crippen LogP contribution in [-0.2, 0) is 11.6 Å². The zero-order chi connectivity index (χ0) is 21.5. The number of aryl methyl sites for hydroxylation is 1. The Morgan fingerprint density at radius 2 is 1.30 bits per heavy atom. The second-order valence-corrected chi connectivity index (χ2v) is 7.35. The molecule has 0 amide bonds. The van der Waals surface area contributed by atoms with E-state index >= 15 is 0 Å². The van der Waals surface area contributed by atoms with E-state index in [9.17, 15) is 13.2 Å². The van der Waals surface area contributed by atoms with Crippen LogP contribution >= 0.6 is 0 Å². The van der Waals surface area contributed by atoms with Gasteiger partial charge in [0.25, 0.3) is 0 Å². The Morgan fingerprint density at radius 3 is 1.83 bits per heavy atom. The zero-order valence-electron chi connectivity index (χ0n) is 16.6. The van der Waals surface area contributed by atoms with E-state index in [4.69, 9.17) is 4.98 Å². The Balaban J connectivity index is 1.76. The van der Waals surface area contributed by atoms with Crippen LogP contribution in [0.2, 0.25) is 0 Å². The van der Waals surface area contributed by atoms with E-state index in [1.54, 1.807) is 18.3 Å². The van der Waals surface area contributed by atoms with Crippen molar-refractivity contribution in [1.29, 1.82) is 0 Å². The van der Waals surface area contributed by atoms with Crippen LogP contribution in [0, 0.1) is 6.92 Å².